The molecule has 0 aliphatic rings. The van der Waals surface area contributed by atoms with Crippen molar-refractivity contribution >= 4 is 47.8 Å². The second-order valence-corrected chi connectivity index (χ2v) is 1.71. The maximum absolute atomic E-state index is 3.60. The number of hydrogen-bond acceptors (Lipinski definition) is 0. The number of hydrogen-bond donors (Lipinski definition) is 0. The first-order valence-corrected chi connectivity index (χ1v) is 3.41. The first kappa shape index (κ1) is 65.2. The fourth-order valence-electron chi connectivity index (χ4n) is 0. The van der Waals surface area contributed by atoms with E-state index < -0.39 is 0 Å². The van der Waals surface area contributed by atoms with Crippen molar-refractivity contribution in [3.8, 4) is 0 Å². The Morgan fingerprint density at radius 2 is 0.733 bits per heavy atom. The molecular formula is C8H20Cl4OSn2. The molecule has 0 aliphatic carbocycles. The topological polar surface area (TPSA) is 31.5 Å². The van der Waals surface area contributed by atoms with Crippen molar-refractivity contribution in [3.05, 3.63) is 13.8 Å². The molecule has 0 amide bonds. The van der Waals surface area contributed by atoms with Crippen LogP contribution < -0.4 is 49.6 Å². The van der Waals surface area contributed by atoms with Crippen LogP contribution in [0.5, 0.6) is 0 Å². The van der Waals surface area contributed by atoms with E-state index in [0.29, 0.717) is 0 Å². The van der Waals surface area contributed by atoms with Gasteiger partial charge in [0.15, 0.2) is 0 Å². The predicted octanol–water partition coefficient (Wildman–Crippen LogP) is -10.3. The van der Waals surface area contributed by atoms with E-state index in [4.69, 9.17) is 0 Å². The first-order chi connectivity index (χ1) is 3.83. The van der Waals surface area contributed by atoms with Gasteiger partial charge in [0.05, 0.1) is 0 Å². The molecule has 0 atom stereocenters. The van der Waals surface area contributed by atoms with Crippen LogP contribution in [0.25, 0.3) is 0 Å². The summed E-state index contributed by atoms with van der Waals surface area (Å²) >= 11 is 0. The quantitative estimate of drug-likeness (QED) is 0.330. The van der Waals surface area contributed by atoms with E-state index in [-0.39, 0.29) is 103 Å². The molecule has 94 valence electrons. The van der Waals surface area contributed by atoms with E-state index in [2.05, 4.69) is 27.7 Å². The van der Waals surface area contributed by atoms with Crippen molar-refractivity contribution in [3.63, 3.8) is 0 Å². The molecule has 0 fully saturated rings. The molecule has 0 rings (SSSR count). The van der Waals surface area contributed by atoms with Crippen LogP contribution in [0.2, 0.25) is 0 Å². The van der Waals surface area contributed by atoms with Crippen molar-refractivity contribution in [2.24, 2.45) is 0 Å². The molecule has 0 heterocycles. The summed E-state index contributed by atoms with van der Waals surface area (Å²) in [6.07, 6.45) is 4.56. The average Bonchev–Trinajstić information content (AvgIpc) is 1.88. The van der Waals surface area contributed by atoms with Crippen LogP contribution in [-0.2, 0) is 0 Å². The Morgan fingerprint density at radius 3 is 0.733 bits per heavy atom. The van der Waals surface area contributed by atoms with Gasteiger partial charge < -0.3 is 55.1 Å². The molecule has 0 saturated carbocycles. The Bertz CT molecular complexity index is 32.6. The molecule has 0 aromatic heterocycles. The molecule has 0 aromatic rings. The molecule has 0 unspecified atom stereocenters. The third-order valence-corrected chi connectivity index (χ3v) is 0.707. The molecular weight excluding hydrogens is 491 g/mol. The third kappa shape index (κ3) is 163. The fourth-order valence-corrected chi connectivity index (χ4v) is 0. The Morgan fingerprint density at radius 1 is 0.667 bits per heavy atom. The van der Waals surface area contributed by atoms with Crippen molar-refractivity contribution < 1.29 is 55.1 Å². The molecule has 0 saturated heterocycles. The zero-order chi connectivity index (χ0) is 6.83. The van der Waals surface area contributed by atoms with E-state index in [0.717, 1.165) is 12.8 Å². The van der Waals surface area contributed by atoms with Gasteiger partial charge in [-0.3, -0.25) is 0 Å². The van der Waals surface area contributed by atoms with Gasteiger partial charge in [-0.25, -0.2) is 0 Å². The number of rotatable bonds is 2. The van der Waals surface area contributed by atoms with Gasteiger partial charge in [0.1, 0.15) is 0 Å². The van der Waals surface area contributed by atoms with Crippen LogP contribution in [0, 0.1) is 13.8 Å². The van der Waals surface area contributed by atoms with Crippen molar-refractivity contribution in [1.29, 1.82) is 0 Å². The van der Waals surface area contributed by atoms with Crippen LogP contribution in [0.3, 0.4) is 0 Å². The van der Waals surface area contributed by atoms with Gasteiger partial charge >= 0.3 is 47.8 Å². The summed E-state index contributed by atoms with van der Waals surface area (Å²) in [6.45, 7) is 11.4. The minimum Gasteiger partial charge on any atom is -1.00 e. The maximum atomic E-state index is 3.60. The second-order valence-electron chi connectivity index (χ2n) is 1.71. The minimum atomic E-state index is 0. The molecule has 1 nitrogen and oxygen atoms in total. The van der Waals surface area contributed by atoms with Gasteiger partial charge in [0.2, 0.25) is 0 Å². The van der Waals surface area contributed by atoms with E-state index in [1.807, 2.05) is 0 Å². The van der Waals surface area contributed by atoms with Crippen molar-refractivity contribution in [2.75, 3.05) is 0 Å². The van der Waals surface area contributed by atoms with Crippen molar-refractivity contribution in [1.82, 2.24) is 0 Å². The summed E-state index contributed by atoms with van der Waals surface area (Å²) < 4.78 is 0. The third-order valence-electron chi connectivity index (χ3n) is 0.707. The maximum Gasteiger partial charge on any atom is 2.00 e. The Hall–Kier alpha value is 2.72. The fraction of sp³-hybridized carbons (Fsp3) is 0.750. The molecule has 0 spiro atoms. The van der Waals surface area contributed by atoms with Gasteiger partial charge in [-0.05, 0) is 0 Å². The standard InChI is InChI=1S/2C4H9.4ClH.H2O.2Sn/c2*1-3-4-2;;;;;;;/h2*1,3-4H2,2H3;4*1H;1H2;;/q;;;;;;;2*+2/p-4. The molecule has 0 bridgehead atoms. The molecule has 15 heavy (non-hydrogen) atoms. The SMILES string of the molecule is O.[CH2]CCC.[CH2]CCC.[Cl-].[Cl-].[Cl-].[Cl-].[Sn+2].[Sn+2]. The monoisotopic (exact) mass is 512 g/mol. The summed E-state index contributed by atoms with van der Waals surface area (Å²) in [7, 11) is 0. The Balaban J connectivity index is -0.00000000468. The summed E-state index contributed by atoms with van der Waals surface area (Å²) in [6, 6.07) is 0. The van der Waals surface area contributed by atoms with Crippen LogP contribution in [-0.4, -0.2) is 53.3 Å². The molecule has 0 aromatic carbocycles. The largest absolute Gasteiger partial charge is 2.00 e. The van der Waals surface area contributed by atoms with Gasteiger partial charge in [0.25, 0.3) is 0 Å². The zero-order valence-electron chi connectivity index (χ0n) is 9.25. The minimum absolute atomic E-state index is 0. The van der Waals surface area contributed by atoms with Gasteiger partial charge in [-0.15, -0.1) is 0 Å². The molecule has 2 N–H and O–H groups in total. The van der Waals surface area contributed by atoms with E-state index in [9.17, 15) is 0 Å². The van der Waals surface area contributed by atoms with Gasteiger partial charge in [-0.2, -0.15) is 0 Å². The molecule has 7 heteroatoms. The van der Waals surface area contributed by atoms with Crippen LogP contribution in [0.4, 0.5) is 0 Å². The van der Waals surface area contributed by atoms with Crippen LogP contribution in [0.15, 0.2) is 0 Å². The van der Waals surface area contributed by atoms with Crippen LogP contribution in [0.1, 0.15) is 39.5 Å². The van der Waals surface area contributed by atoms with E-state index >= 15 is 0 Å². The summed E-state index contributed by atoms with van der Waals surface area (Å²) in [5, 5.41) is 0. The zero-order valence-corrected chi connectivity index (χ0v) is 18.0. The van der Waals surface area contributed by atoms with Crippen LogP contribution >= 0.6 is 0 Å². The normalized spacial score (nSPS) is 4.00. The number of unbranched alkanes of at least 4 members (excludes halogenated alkanes) is 2. The van der Waals surface area contributed by atoms with E-state index in [1.54, 1.807) is 0 Å². The van der Waals surface area contributed by atoms with Gasteiger partial charge in [0, 0.05) is 0 Å². The molecule has 6 radical (unpaired) electrons. The Kier molecular flexibility index (Phi) is 398. The smallest absolute Gasteiger partial charge is 1.00 e. The predicted molar refractivity (Wildman–Crippen MR) is 55.7 cm³/mol. The van der Waals surface area contributed by atoms with Gasteiger partial charge in [-0.1, -0.05) is 53.4 Å². The summed E-state index contributed by atoms with van der Waals surface area (Å²) in [5.41, 5.74) is 0. The average molecular weight is 511 g/mol. The van der Waals surface area contributed by atoms with E-state index in [1.165, 1.54) is 12.8 Å². The van der Waals surface area contributed by atoms with Crippen molar-refractivity contribution in [2.45, 2.75) is 39.5 Å². The Labute approximate surface area is 155 Å². The molecule has 0 aliphatic heterocycles. The second kappa shape index (κ2) is 91.5. The first-order valence-electron chi connectivity index (χ1n) is 3.41. The number of halogens is 4. The summed E-state index contributed by atoms with van der Waals surface area (Å²) in [4.78, 5) is 0. The summed E-state index contributed by atoms with van der Waals surface area (Å²) in [5.74, 6) is 0.